The molecule has 2 rings (SSSR count). The molecule has 0 radical (unpaired) electrons. The fourth-order valence-electron chi connectivity index (χ4n) is 2.05. The highest BCUT2D eigenvalue weighted by atomic mass is 127. The van der Waals surface area contributed by atoms with Crippen LogP contribution in [0.3, 0.4) is 0 Å². The molecule has 0 aliphatic heterocycles. The monoisotopic (exact) mass is 354 g/mol. The second-order valence-corrected chi connectivity index (χ2v) is 5.48. The summed E-state index contributed by atoms with van der Waals surface area (Å²) in [6.45, 7) is 1.05. The zero-order chi connectivity index (χ0) is 12.6. The van der Waals surface area contributed by atoms with Gasteiger partial charge in [0.05, 0.1) is 5.52 Å². The molecule has 1 heterocycles. The van der Waals surface area contributed by atoms with Crippen molar-refractivity contribution in [2.75, 3.05) is 16.3 Å². The van der Waals surface area contributed by atoms with Gasteiger partial charge in [-0.1, -0.05) is 53.6 Å². The van der Waals surface area contributed by atoms with E-state index < -0.39 is 0 Å². The van der Waals surface area contributed by atoms with Crippen LogP contribution in [0.5, 0.6) is 0 Å². The Hall–Kier alpha value is -0.840. The summed E-state index contributed by atoms with van der Waals surface area (Å²) in [4.78, 5) is 4.37. The SMILES string of the molecule is ICCCCCCNc1ccnc2ccccc12. The number of benzene rings is 1. The van der Waals surface area contributed by atoms with Crippen molar-refractivity contribution < 1.29 is 0 Å². The quantitative estimate of drug-likeness (QED) is 0.445. The Morgan fingerprint density at radius 3 is 2.72 bits per heavy atom. The Kier molecular flexibility index (Phi) is 5.71. The molecule has 0 spiro atoms. The van der Waals surface area contributed by atoms with Gasteiger partial charge in [0.15, 0.2) is 0 Å². The normalized spacial score (nSPS) is 10.7. The third-order valence-electron chi connectivity index (χ3n) is 3.02. The lowest BCUT2D eigenvalue weighted by molar-refractivity contribution is 0.692. The lowest BCUT2D eigenvalue weighted by atomic mass is 10.1. The van der Waals surface area contributed by atoms with Crippen LogP contribution in [0.4, 0.5) is 5.69 Å². The Bertz CT molecular complexity index is 479. The number of hydrogen-bond donors (Lipinski definition) is 1. The van der Waals surface area contributed by atoms with Gasteiger partial charge in [-0.3, -0.25) is 4.98 Å². The van der Waals surface area contributed by atoms with Crippen LogP contribution in [-0.2, 0) is 0 Å². The number of pyridine rings is 1. The van der Waals surface area contributed by atoms with Crippen molar-refractivity contribution in [3.63, 3.8) is 0 Å². The van der Waals surface area contributed by atoms with E-state index in [1.165, 1.54) is 41.2 Å². The molecule has 0 saturated heterocycles. The number of unbranched alkanes of at least 4 members (excludes halogenated alkanes) is 3. The minimum absolute atomic E-state index is 1.05. The van der Waals surface area contributed by atoms with E-state index in [1.54, 1.807) is 0 Å². The highest BCUT2D eigenvalue weighted by molar-refractivity contribution is 14.1. The van der Waals surface area contributed by atoms with Gasteiger partial charge >= 0.3 is 0 Å². The van der Waals surface area contributed by atoms with Crippen molar-refractivity contribution in [2.45, 2.75) is 25.7 Å². The van der Waals surface area contributed by atoms with Crippen LogP contribution in [0, 0.1) is 0 Å². The molecule has 2 nitrogen and oxygen atoms in total. The average molecular weight is 354 g/mol. The number of aromatic nitrogens is 1. The molecule has 1 N–H and O–H groups in total. The van der Waals surface area contributed by atoms with Gasteiger partial charge in [-0.15, -0.1) is 0 Å². The molecule has 0 aliphatic rings. The third kappa shape index (κ3) is 3.83. The molecule has 2 aromatic rings. The van der Waals surface area contributed by atoms with E-state index in [2.05, 4.69) is 57.2 Å². The number of para-hydroxylation sites is 1. The molecule has 1 aromatic heterocycles. The van der Waals surface area contributed by atoms with E-state index in [0.717, 1.165) is 12.1 Å². The molecular formula is C15H19IN2. The van der Waals surface area contributed by atoms with Crippen molar-refractivity contribution in [2.24, 2.45) is 0 Å². The average Bonchev–Trinajstić information content (AvgIpc) is 2.43. The van der Waals surface area contributed by atoms with Gasteiger partial charge < -0.3 is 5.32 Å². The van der Waals surface area contributed by atoms with Gasteiger partial charge in [0.25, 0.3) is 0 Å². The summed E-state index contributed by atoms with van der Waals surface area (Å²) in [6, 6.07) is 10.3. The predicted octanol–water partition coefficient (Wildman–Crippen LogP) is 4.64. The fraction of sp³-hybridized carbons (Fsp3) is 0.400. The lowest BCUT2D eigenvalue weighted by Crippen LogP contribution is -2.02. The topological polar surface area (TPSA) is 24.9 Å². The van der Waals surface area contributed by atoms with Crippen molar-refractivity contribution in [3.8, 4) is 0 Å². The number of alkyl halides is 1. The summed E-state index contributed by atoms with van der Waals surface area (Å²) in [5, 5.41) is 4.74. The summed E-state index contributed by atoms with van der Waals surface area (Å²) in [5.41, 5.74) is 2.27. The first-order valence-electron chi connectivity index (χ1n) is 6.55. The van der Waals surface area contributed by atoms with E-state index in [-0.39, 0.29) is 0 Å². The van der Waals surface area contributed by atoms with Crippen LogP contribution < -0.4 is 5.32 Å². The van der Waals surface area contributed by atoms with Crippen LogP contribution >= 0.6 is 22.6 Å². The molecule has 0 bridgehead atoms. The van der Waals surface area contributed by atoms with Crippen molar-refractivity contribution >= 4 is 39.2 Å². The van der Waals surface area contributed by atoms with Crippen LogP contribution in [0.2, 0.25) is 0 Å². The number of rotatable bonds is 7. The van der Waals surface area contributed by atoms with Gasteiger partial charge in [-0.25, -0.2) is 0 Å². The molecule has 0 atom stereocenters. The zero-order valence-electron chi connectivity index (χ0n) is 10.5. The largest absolute Gasteiger partial charge is 0.384 e. The van der Waals surface area contributed by atoms with Crippen LogP contribution in [-0.4, -0.2) is 16.0 Å². The standard InChI is InChI=1S/C15H19IN2/c16-10-5-1-2-6-11-17-15-9-12-18-14-8-4-3-7-13(14)15/h3-4,7-9,12H,1-2,5-6,10-11H2,(H,17,18). The summed E-state index contributed by atoms with van der Waals surface area (Å²) >= 11 is 2.44. The molecule has 0 aliphatic carbocycles. The molecule has 3 heteroatoms. The van der Waals surface area contributed by atoms with Gasteiger partial charge in [0.2, 0.25) is 0 Å². The van der Waals surface area contributed by atoms with Gasteiger partial charge in [-0.05, 0) is 29.4 Å². The Morgan fingerprint density at radius 1 is 1.00 bits per heavy atom. The molecule has 0 saturated carbocycles. The molecular weight excluding hydrogens is 335 g/mol. The lowest BCUT2D eigenvalue weighted by Gasteiger charge is -2.09. The van der Waals surface area contributed by atoms with Crippen LogP contribution in [0.15, 0.2) is 36.5 Å². The summed E-state index contributed by atoms with van der Waals surface area (Å²) in [7, 11) is 0. The summed E-state index contributed by atoms with van der Waals surface area (Å²) in [5.74, 6) is 0. The minimum atomic E-state index is 1.05. The van der Waals surface area contributed by atoms with E-state index in [9.17, 15) is 0 Å². The van der Waals surface area contributed by atoms with E-state index in [1.807, 2.05) is 12.3 Å². The number of nitrogens with zero attached hydrogens (tertiary/aromatic N) is 1. The van der Waals surface area contributed by atoms with E-state index in [0.29, 0.717) is 0 Å². The van der Waals surface area contributed by atoms with Crippen molar-refractivity contribution in [1.82, 2.24) is 4.98 Å². The second kappa shape index (κ2) is 7.56. The number of anilines is 1. The molecule has 0 amide bonds. The van der Waals surface area contributed by atoms with Gasteiger partial charge in [-0.2, -0.15) is 0 Å². The molecule has 0 unspecified atom stereocenters. The molecule has 0 fully saturated rings. The highest BCUT2D eigenvalue weighted by Gasteiger charge is 1.99. The summed E-state index contributed by atoms with van der Waals surface area (Å²) < 4.78 is 1.28. The van der Waals surface area contributed by atoms with Crippen molar-refractivity contribution in [3.05, 3.63) is 36.5 Å². The minimum Gasteiger partial charge on any atom is -0.384 e. The van der Waals surface area contributed by atoms with E-state index in [4.69, 9.17) is 0 Å². The molecule has 96 valence electrons. The first-order chi connectivity index (χ1) is 8.92. The molecule has 1 aromatic carbocycles. The Morgan fingerprint density at radius 2 is 1.83 bits per heavy atom. The first-order valence-corrected chi connectivity index (χ1v) is 8.08. The Balaban J connectivity index is 1.88. The zero-order valence-corrected chi connectivity index (χ0v) is 12.7. The molecule has 18 heavy (non-hydrogen) atoms. The Labute approximate surface area is 122 Å². The smallest absolute Gasteiger partial charge is 0.0722 e. The maximum atomic E-state index is 4.37. The van der Waals surface area contributed by atoms with Crippen molar-refractivity contribution in [1.29, 1.82) is 0 Å². The van der Waals surface area contributed by atoms with E-state index >= 15 is 0 Å². The number of nitrogens with one attached hydrogen (secondary N) is 1. The van der Waals surface area contributed by atoms with Crippen LogP contribution in [0.1, 0.15) is 25.7 Å². The maximum Gasteiger partial charge on any atom is 0.0722 e. The summed E-state index contributed by atoms with van der Waals surface area (Å²) in [6.07, 6.45) is 7.13. The fourth-order valence-corrected chi connectivity index (χ4v) is 2.59. The van der Waals surface area contributed by atoms with Gasteiger partial charge in [0, 0.05) is 23.8 Å². The number of fused-ring (bicyclic) bond motifs is 1. The highest BCUT2D eigenvalue weighted by Crippen LogP contribution is 2.20. The van der Waals surface area contributed by atoms with Crippen LogP contribution in [0.25, 0.3) is 10.9 Å². The third-order valence-corrected chi connectivity index (χ3v) is 3.79. The van der Waals surface area contributed by atoms with Gasteiger partial charge in [0.1, 0.15) is 0 Å². The number of halogens is 1. The first kappa shape index (κ1) is 13.6. The predicted molar refractivity (Wildman–Crippen MR) is 87.6 cm³/mol. The number of hydrogen-bond acceptors (Lipinski definition) is 2. The maximum absolute atomic E-state index is 4.37. The second-order valence-electron chi connectivity index (χ2n) is 4.41.